The van der Waals surface area contributed by atoms with Crippen LogP contribution < -0.4 is 5.32 Å². The molecule has 2 aromatic heterocycles. The Labute approximate surface area is 113 Å². The van der Waals surface area contributed by atoms with E-state index in [-0.39, 0.29) is 11.9 Å². The average Bonchev–Trinajstić information content (AvgIpc) is 2.88. The van der Waals surface area contributed by atoms with Gasteiger partial charge in [-0.25, -0.2) is 0 Å². The highest BCUT2D eigenvalue weighted by atomic mass is 16.1. The summed E-state index contributed by atoms with van der Waals surface area (Å²) in [5.74, 6) is 0.0143. The summed E-state index contributed by atoms with van der Waals surface area (Å²) in [6.07, 6.45) is 6.14. The molecule has 0 aliphatic carbocycles. The highest BCUT2D eigenvalue weighted by Gasteiger charge is 2.12. The van der Waals surface area contributed by atoms with Crippen LogP contribution in [0.1, 0.15) is 30.6 Å². The molecule has 100 valence electrons. The Bertz CT molecular complexity index is 541. The third kappa shape index (κ3) is 3.22. The first-order chi connectivity index (χ1) is 9.08. The molecule has 2 heterocycles. The van der Waals surface area contributed by atoms with Crippen molar-refractivity contribution in [2.75, 3.05) is 5.32 Å². The number of aromatic nitrogens is 2. The van der Waals surface area contributed by atoms with Crippen LogP contribution in [0.15, 0.2) is 36.8 Å². The Kier molecular flexibility index (Phi) is 4.00. The van der Waals surface area contributed by atoms with Gasteiger partial charge in [0.1, 0.15) is 0 Å². The molecular formula is C15H19N3O. The van der Waals surface area contributed by atoms with E-state index in [0.29, 0.717) is 6.42 Å². The summed E-state index contributed by atoms with van der Waals surface area (Å²) in [7, 11) is 0. The fourth-order valence-corrected chi connectivity index (χ4v) is 2.09. The standard InChI is InChI=1S/C15H19N3O/c1-11-6-7-16-13(3)15(11)17-14(19)10-12(2)18-8-4-5-9-18/h4-9,12H,10H2,1-3H3,(H,17,19). The van der Waals surface area contributed by atoms with Crippen LogP contribution in [0.2, 0.25) is 0 Å². The number of pyridine rings is 1. The first-order valence-electron chi connectivity index (χ1n) is 6.42. The number of carbonyl (C=O) groups excluding carboxylic acids is 1. The predicted molar refractivity (Wildman–Crippen MR) is 76.1 cm³/mol. The van der Waals surface area contributed by atoms with Gasteiger partial charge < -0.3 is 9.88 Å². The van der Waals surface area contributed by atoms with Crippen LogP contribution >= 0.6 is 0 Å². The highest BCUT2D eigenvalue weighted by molar-refractivity contribution is 5.92. The monoisotopic (exact) mass is 257 g/mol. The number of amides is 1. The lowest BCUT2D eigenvalue weighted by atomic mass is 10.1. The fourth-order valence-electron chi connectivity index (χ4n) is 2.09. The summed E-state index contributed by atoms with van der Waals surface area (Å²) >= 11 is 0. The molecule has 1 atom stereocenters. The molecule has 2 aromatic rings. The van der Waals surface area contributed by atoms with Crippen LogP contribution in [0.5, 0.6) is 0 Å². The van der Waals surface area contributed by atoms with Crippen molar-refractivity contribution in [3.05, 3.63) is 48.0 Å². The molecule has 1 unspecified atom stereocenters. The molecule has 0 aromatic carbocycles. The van der Waals surface area contributed by atoms with Crippen molar-refractivity contribution < 1.29 is 4.79 Å². The van der Waals surface area contributed by atoms with E-state index < -0.39 is 0 Å². The quantitative estimate of drug-likeness (QED) is 0.915. The summed E-state index contributed by atoms with van der Waals surface area (Å²) < 4.78 is 2.03. The number of carbonyl (C=O) groups is 1. The summed E-state index contributed by atoms with van der Waals surface area (Å²) in [6.45, 7) is 5.90. The lowest BCUT2D eigenvalue weighted by molar-refractivity contribution is -0.116. The van der Waals surface area contributed by atoms with Gasteiger partial charge in [-0.1, -0.05) is 0 Å². The van der Waals surface area contributed by atoms with Crippen molar-refractivity contribution in [2.45, 2.75) is 33.2 Å². The minimum absolute atomic E-state index is 0.0143. The third-order valence-corrected chi connectivity index (χ3v) is 3.23. The van der Waals surface area contributed by atoms with Crippen LogP contribution in [0.25, 0.3) is 0 Å². The number of nitrogens with one attached hydrogen (secondary N) is 1. The Morgan fingerprint density at radius 3 is 2.68 bits per heavy atom. The van der Waals surface area contributed by atoms with E-state index in [1.807, 2.05) is 55.9 Å². The SMILES string of the molecule is Cc1ccnc(C)c1NC(=O)CC(C)n1cccc1. The number of hydrogen-bond donors (Lipinski definition) is 1. The first-order valence-corrected chi connectivity index (χ1v) is 6.42. The third-order valence-electron chi connectivity index (χ3n) is 3.23. The van der Waals surface area contributed by atoms with Crippen molar-refractivity contribution >= 4 is 11.6 Å². The van der Waals surface area contributed by atoms with E-state index in [9.17, 15) is 4.79 Å². The van der Waals surface area contributed by atoms with Gasteiger partial charge in [0.2, 0.25) is 5.91 Å². The Hall–Kier alpha value is -2.10. The van der Waals surface area contributed by atoms with E-state index in [1.54, 1.807) is 6.20 Å². The van der Waals surface area contributed by atoms with Gasteiger partial charge in [-0.2, -0.15) is 0 Å². The molecule has 0 bridgehead atoms. The topological polar surface area (TPSA) is 46.9 Å². The maximum absolute atomic E-state index is 12.1. The number of nitrogens with zero attached hydrogens (tertiary/aromatic N) is 2. The zero-order valence-corrected chi connectivity index (χ0v) is 11.6. The van der Waals surface area contributed by atoms with E-state index >= 15 is 0 Å². The molecule has 4 nitrogen and oxygen atoms in total. The highest BCUT2D eigenvalue weighted by Crippen LogP contribution is 2.19. The van der Waals surface area contributed by atoms with Gasteiger partial charge in [-0.05, 0) is 44.5 Å². The van der Waals surface area contributed by atoms with Crippen molar-refractivity contribution in [3.8, 4) is 0 Å². The first kappa shape index (κ1) is 13.3. The van der Waals surface area contributed by atoms with Gasteiger partial charge in [0.25, 0.3) is 0 Å². The number of anilines is 1. The summed E-state index contributed by atoms with van der Waals surface area (Å²) in [5.41, 5.74) is 2.71. The molecular weight excluding hydrogens is 238 g/mol. The maximum atomic E-state index is 12.1. The molecule has 0 saturated carbocycles. The van der Waals surface area contributed by atoms with Crippen molar-refractivity contribution in [2.24, 2.45) is 0 Å². The second-order valence-corrected chi connectivity index (χ2v) is 4.82. The molecule has 19 heavy (non-hydrogen) atoms. The van der Waals surface area contributed by atoms with Gasteiger partial charge in [-0.15, -0.1) is 0 Å². The van der Waals surface area contributed by atoms with Gasteiger partial charge >= 0.3 is 0 Å². The average molecular weight is 257 g/mol. The van der Waals surface area contributed by atoms with E-state index in [4.69, 9.17) is 0 Å². The van der Waals surface area contributed by atoms with Gasteiger partial charge in [-0.3, -0.25) is 9.78 Å². The van der Waals surface area contributed by atoms with Crippen LogP contribution in [0.3, 0.4) is 0 Å². The van der Waals surface area contributed by atoms with Gasteiger partial charge in [0.15, 0.2) is 0 Å². The minimum atomic E-state index is 0.0143. The Morgan fingerprint density at radius 2 is 2.05 bits per heavy atom. The van der Waals surface area contributed by atoms with E-state index in [0.717, 1.165) is 16.9 Å². The Morgan fingerprint density at radius 1 is 1.37 bits per heavy atom. The molecule has 0 fully saturated rings. The largest absolute Gasteiger partial charge is 0.351 e. The van der Waals surface area contributed by atoms with Crippen molar-refractivity contribution in [1.29, 1.82) is 0 Å². The normalized spacial score (nSPS) is 12.2. The lowest BCUT2D eigenvalue weighted by Crippen LogP contribution is -2.18. The fraction of sp³-hybridized carbons (Fsp3) is 0.333. The van der Waals surface area contributed by atoms with Gasteiger partial charge in [0.05, 0.1) is 11.4 Å². The lowest BCUT2D eigenvalue weighted by Gasteiger charge is -2.15. The molecule has 0 saturated heterocycles. The van der Waals surface area contributed by atoms with Crippen molar-refractivity contribution in [1.82, 2.24) is 9.55 Å². The number of aryl methyl sites for hydroxylation is 2. The molecule has 2 rings (SSSR count). The molecule has 0 aliphatic heterocycles. The molecule has 0 radical (unpaired) electrons. The molecule has 1 amide bonds. The van der Waals surface area contributed by atoms with Crippen molar-refractivity contribution in [3.63, 3.8) is 0 Å². The van der Waals surface area contributed by atoms with E-state index in [2.05, 4.69) is 10.3 Å². The zero-order chi connectivity index (χ0) is 13.8. The van der Waals surface area contributed by atoms with Crippen LogP contribution in [-0.4, -0.2) is 15.5 Å². The second kappa shape index (κ2) is 5.69. The van der Waals surface area contributed by atoms with Crippen LogP contribution in [0.4, 0.5) is 5.69 Å². The molecule has 1 N–H and O–H groups in total. The molecule has 0 aliphatic rings. The number of rotatable bonds is 4. The minimum Gasteiger partial charge on any atom is -0.351 e. The zero-order valence-electron chi connectivity index (χ0n) is 11.6. The number of hydrogen-bond acceptors (Lipinski definition) is 2. The van der Waals surface area contributed by atoms with Gasteiger partial charge in [0, 0.05) is 31.1 Å². The summed E-state index contributed by atoms with van der Waals surface area (Å²) in [5, 5.41) is 2.96. The molecule has 0 spiro atoms. The molecule has 4 heteroatoms. The second-order valence-electron chi connectivity index (χ2n) is 4.82. The summed E-state index contributed by atoms with van der Waals surface area (Å²) in [6, 6.07) is 5.97. The van der Waals surface area contributed by atoms with E-state index in [1.165, 1.54) is 0 Å². The predicted octanol–water partition coefficient (Wildman–Crippen LogP) is 3.09. The van der Waals surface area contributed by atoms with Crippen LogP contribution in [-0.2, 0) is 4.79 Å². The summed E-state index contributed by atoms with van der Waals surface area (Å²) in [4.78, 5) is 16.3. The Balaban J connectivity index is 2.02. The van der Waals surface area contributed by atoms with Crippen LogP contribution in [0, 0.1) is 13.8 Å². The smallest absolute Gasteiger partial charge is 0.226 e. The maximum Gasteiger partial charge on any atom is 0.226 e.